The lowest BCUT2D eigenvalue weighted by Gasteiger charge is -2.11. The third-order valence-corrected chi connectivity index (χ3v) is 4.87. The van der Waals surface area contributed by atoms with Crippen molar-refractivity contribution >= 4 is 46.6 Å². The molecule has 0 aliphatic heterocycles. The Kier molecular flexibility index (Phi) is 5.19. The van der Waals surface area contributed by atoms with Gasteiger partial charge in [0, 0.05) is 21.4 Å². The Balaban J connectivity index is 2.45. The monoisotopic (exact) mass is 346 g/mol. The summed E-state index contributed by atoms with van der Waals surface area (Å²) in [6, 6.07) is 5.35. The van der Waals surface area contributed by atoms with E-state index in [2.05, 4.69) is 9.97 Å². The van der Waals surface area contributed by atoms with Crippen molar-refractivity contribution in [3.63, 3.8) is 0 Å². The average molecular weight is 348 g/mol. The van der Waals surface area contributed by atoms with Crippen molar-refractivity contribution in [2.24, 2.45) is 0 Å². The van der Waals surface area contributed by atoms with E-state index in [9.17, 15) is 0 Å². The third-order valence-electron chi connectivity index (χ3n) is 2.68. The van der Waals surface area contributed by atoms with E-state index in [1.807, 2.05) is 26.8 Å². The van der Waals surface area contributed by atoms with Crippen molar-refractivity contribution in [3.8, 4) is 0 Å². The van der Waals surface area contributed by atoms with Gasteiger partial charge in [0.1, 0.15) is 16.0 Å². The van der Waals surface area contributed by atoms with Gasteiger partial charge in [-0.3, -0.25) is 0 Å². The van der Waals surface area contributed by atoms with Crippen LogP contribution < -0.4 is 0 Å². The molecule has 2 rings (SSSR count). The first-order valence-corrected chi connectivity index (χ1v) is 8.00. The van der Waals surface area contributed by atoms with Gasteiger partial charge < -0.3 is 0 Å². The number of rotatable bonds is 3. The molecule has 20 heavy (non-hydrogen) atoms. The summed E-state index contributed by atoms with van der Waals surface area (Å²) < 4.78 is 0. The normalized spacial score (nSPS) is 11.2. The second kappa shape index (κ2) is 6.52. The SMILES string of the molecule is Cc1c(Cl)nc(C(C)C)nc1Sc1cc(Cl)ccc1Cl. The molecule has 0 amide bonds. The Morgan fingerprint density at radius 1 is 1.10 bits per heavy atom. The zero-order valence-corrected chi connectivity index (χ0v) is 14.3. The van der Waals surface area contributed by atoms with E-state index in [4.69, 9.17) is 34.8 Å². The highest BCUT2D eigenvalue weighted by atomic mass is 35.5. The van der Waals surface area contributed by atoms with Crippen LogP contribution in [0.5, 0.6) is 0 Å². The quantitative estimate of drug-likeness (QED) is 0.635. The van der Waals surface area contributed by atoms with Gasteiger partial charge in [-0.2, -0.15) is 0 Å². The molecule has 0 atom stereocenters. The summed E-state index contributed by atoms with van der Waals surface area (Å²) in [4.78, 5) is 9.71. The molecule has 1 aromatic heterocycles. The highest BCUT2D eigenvalue weighted by Gasteiger charge is 2.14. The Morgan fingerprint density at radius 3 is 2.45 bits per heavy atom. The average Bonchev–Trinajstić information content (AvgIpc) is 2.38. The number of hydrogen-bond donors (Lipinski definition) is 0. The highest BCUT2D eigenvalue weighted by Crippen LogP contribution is 2.37. The molecule has 106 valence electrons. The molecule has 2 aromatic rings. The second-order valence-electron chi connectivity index (χ2n) is 4.63. The van der Waals surface area contributed by atoms with Gasteiger partial charge >= 0.3 is 0 Å². The number of halogens is 3. The van der Waals surface area contributed by atoms with E-state index in [0.29, 0.717) is 15.2 Å². The van der Waals surface area contributed by atoms with Crippen molar-refractivity contribution in [2.45, 2.75) is 36.6 Å². The summed E-state index contributed by atoms with van der Waals surface area (Å²) in [6.45, 7) is 5.96. The lowest BCUT2D eigenvalue weighted by Crippen LogP contribution is -2.01. The number of hydrogen-bond acceptors (Lipinski definition) is 3. The molecule has 0 unspecified atom stereocenters. The van der Waals surface area contributed by atoms with Crippen LogP contribution in [0.25, 0.3) is 0 Å². The summed E-state index contributed by atoms with van der Waals surface area (Å²) in [5.41, 5.74) is 0.845. The molecule has 0 saturated heterocycles. The summed E-state index contributed by atoms with van der Waals surface area (Å²) in [5, 5.41) is 2.56. The summed E-state index contributed by atoms with van der Waals surface area (Å²) in [6.07, 6.45) is 0. The largest absolute Gasteiger partial charge is 0.226 e. The molecule has 1 heterocycles. The second-order valence-corrected chi connectivity index (χ2v) is 6.87. The zero-order chi connectivity index (χ0) is 14.9. The van der Waals surface area contributed by atoms with Gasteiger partial charge in [-0.25, -0.2) is 9.97 Å². The van der Waals surface area contributed by atoms with Crippen LogP contribution in [-0.2, 0) is 0 Å². The van der Waals surface area contributed by atoms with Gasteiger partial charge in [0.15, 0.2) is 0 Å². The standard InChI is InChI=1S/C14H13Cl3N2S/c1-7(2)13-18-12(17)8(3)14(19-13)20-11-6-9(15)4-5-10(11)16/h4-7H,1-3H3. The molecule has 0 aliphatic rings. The van der Waals surface area contributed by atoms with Crippen LogP contribution in [0.15, 0.2) is 28.1 Å². The fourth-order valence-electron chi connectivity index (χ4n) is 1.50. The third kappa shape index (κ3) is 3.59. The predicted molar refractivity (Wildman–Crippen MR) is 86.5 cm³/mol. The topological polar surface area (TPSA) is 25.8 Å². The molecule has 2 nitrogen and oxygen atoms in total. The molecular formula is C14H13Cl3N2S. The molecule has 0 N–H and O–H groups in total. The minimum Gasteiger partial charge on any atom is -0.226 e. The summed E-state index contributed by atoms with van der Waals surface area (Å²) in [5.74, 6) is 0.934. The first-order valence-electron chi connectivity index (χ1n) is 6.05. The van der Waals surface area contributed by atoms with Gasteiger partial charge in [0.05, 0.1) is 5.02 Å². The highest BCUT2D eigenvalue weighted by molar-refractivity contribution is 7.99. The first kappa shape index (κ1) is 15.9. The maximum absolute atomic E-state index is 6.18. The van der Waals surface area contributed by atoms with Crippen LogP contribution in [0.4, 0.5) is 0 Å². The molecule has 0 bridgehead atoms. The molecule has 1 aromatic carbocycles. The molecule has 0 radical (unpaired) electrons. The smallest absolute Gasteiger partial charge is 0.136 e. The van der Waals surface area contributed by atoms with E-state index < -0.39 is 0 Å². The fourth-order valence-corrected chi connectivity index (χ4v) is 3.15. The van der Waals surface area contributed by atoms with Crippen LogP contribution in [0.1, 0.15) is 31.2 Å². The minimum absolute atomic E-state index is 0.210. The molecular weight excluding hydrogens is 335 g/mol. The minimum atomic E-state index is 0.210. The van der Waals surface area contributed by atoms with Gasteiger partial charge in [-0.1, -0.05) is 60.4 Å². The molecule has 0 spiro atoms. The van der Waals surface area contributed by atoms with E-state index in [1.54, 1.807) is 12.1 Å². The number of benzene rings is 1. The predicted octanol–water partition coefficient (Wildman–Crippen LogP) is 6.02. The van der Waals surface area contributed by atoms with Gasteiger partial charge in [-0.05, 0) is 25.1 Å². The Hall–Kier alpha value is -0.480. The van der Waals surface area contributed by atoms with Gasteiger partial charge in [0.2, 0.25) is 0 Å². The maximum atomic E-state index is 6.18. The Labute approximate surface area is 137 Å². The van der Waals surface area contributed by atoms with Crippen molar-refractivity contribution in [2.75, 3.05) is 0 Å². The number of aromatic nitrogens is 2. The van der Waals surface area contributed by atoms with Crippen LogP contribution in [0, 0.1) is 6.92 Å². The Bertz CT molecular complexity index is 645. The van der Waals surface area contributed by atoms with Crippen LogP contribution in [0.2, 0.25) is 15.2 Å². The first-order chi connectivity index (χ1) is 9.38. The van der Waals surface area contributed by atoms with Crippen LogP contribution >= 0.6 is 46.6 Å². The van der Waals surface area contributed by atoms with E-state index in [-0.39, 0.29) is 5.92 Å². The van der Waals surface area contributed by atoms with E-state index in [0.717, 1.165) is 21.3 Å². The summed E-state index contributed by atoms with van der Waals surface area (Å²) in [7, 11) is 0. The van der Waals surface area contributed by atoms with Crippen molar-refractivity contribution in [1.29, 1.82) is 0 Å². The van der Waals surface area contributed by atoms with Crippen molar-refractivity contribution in [1.82, 2.24) is 9.97 Å². The van der Waals surface area contributed by atoms with Crippen molar-refractivity contribution in [3.05, 3.63) is 44.8 Å². The van der Waals surface area contributed by atoms with E-state index in [1.165, 1.54) is 11.8 Å². The molecule has 0 fully saturated rings. The molecule has 0 aliphatic carbocycles. The van der Waals surface area contributed by atoms with Gasteiger partial charge in [-0.15, -0.1) is 0 Å². The summed E-state index contributed by atoms with van der Waals surface area (Å²) >= 11 is 19.8. The lowest BCUT2D eigenvalue weighted by atomic mass is 10.2. The van der Waals surface area contributed by atoms with E-state index >= 15 is 0 Å². The zero-order valence-electron chi connectivity index (χ0n) is 11.2. The number of nitrogens with zero attached hydrogens (tertiary/aromatic N) is 2. The van der Waals surface area contributed by atoms with Crippen LogP contribution in [0.3, 0.4) is 0 Å². The molecule has 0 saturated carbocycles. The van der Waals surface area contributed by atoms with Crippen LogP contribution in [-0.4, -0.2) is 9.97 Å². The fraction of sp³-hybridized carbons (Fsp3) is 0.286. The van der Waals surface area contributed by atoms with Gasteiger partial charge in [0.25, 0.3) is 0 Å². The van der Waals surface area contributed by atoms with Crippen molar-refractivity contribution < 1.29 is 0 Å². The molecule has 6 heteroatoms. The Morgan fingerprint density at radius 2 is 1.80 bits per heavy atom. The maximum Gasteiger partial charge on any atom is 0.136 e. The lowest BCUT2D eigenvalue weighted by molar-refractivity contribution is 0.747.